The molecule has 0 unspecified atom stereocenters. The summed E-state index contributed by atoms with van der Waals surface area (Å²) in [4.78, 5) is 0. The minimum atomic E-state index is 0.0322. The highest BCUT2D eigenvalue weighted by Crippen LogP contribution is 2.40. The molecular formula is C20H28O2. The first kappa shape index (κ1) is 16.7. The highest BCUT2D eigenvalue weighted by Gasteiger charge is 2.22. The zero-order chi connectivity index (χ0) is 16.7. The van der Waals surface area contributed by atoms with Crippen LogP contribution in [0.15, 0.2) is 24.3 Å². The lowest BCUT2D eigenvalue weighted by molar-refractivity contribution is 0.397. The van der Waals surface area contributed by atoms with Gasteiger partial charge in [0.25, 0.3) is 0 Å². The van der Waals surface area contributed by atoms with E-state index in [0.29, 0.717) is 0 Å². The maximum Gasteiger partial charge on any atom is 0.127 e. The number of methoxy groups -OCH3 is 2. The van der Waals surface area contributed by atoms with Gasteiger partial charge < -0.3 is 9.47 Å². The number of hydrogen-bond donors (Lipinski definition) is 0. The van der Waals surface area contributed by atoms with Crippen molar-refractivity contribution < 1.29 is 9.47 Å². The highest BCUT2D eigenvalue weighted by molar-refractivity contribution is 5.91. The van der Waals surface area contributed by atoms with E-state index < -0.39 is 0 Å². The molecule has 2 heteroatoms. The van der Waals surface area contributed by atoms with Crippen LogP contribution in [0.3, 0.4) is 0 Å². The van der Waals surface area contributed by atoms with Gasteiger partial charge in [-0.2, -0.15) is 0 Å². The van der Waals surface area contributed by atoms with Gasteiger partial charge in [-0.05, 0) is 40.0 Å². The number of benzene rings is 2. The van der Waals surface area contributed by atoms with Gasteiger partial charge in [0.2, 0.25) is 0 Å². The summed E-state index contributed by atoms with van der Waals surface area (Å²) in [5, 5.41) is 2.30. The molecule has 0 atom stereocenters. The summed E-state index contributed by atoms with van der Waals surface area (Å²) in [6, 6.07) is 8.75. The van der Waals surface area contributed by atoms with Gasteiger partial charge in [-0.25, -0.2) is 0 Å². The van der Waals surface area contributed by atoms with Crippen molar-refractivity contribution in [2.24, 2.45) is 0 Å². The van der Waals surface area contributed by atoms with Crippen LogP contribution in [0.2, 0.25) is 0 Å². The van der Waals surface area contributed by atoms with Gasteiger partial charge in [0.15, 0.2) is 0 Å². The van der Waals surface area contributed by atoms with Crippen molar-refractivity contribution in [2.75, 3.05) is 14.2 Å². The fourth-order valence-corrected chi connectivity index (χ4v) is 2.71. The molecule has 0 aliphatic carbocycles. The van der Waals surface area contributed by atoms with Crippen molar-refractivity contribution in [1.29, 1.82) is 0 Å². The van der Waals surface area contributed by atoms with E-state index in [4.69, 9.17) is 9.47 Å². The largest absolute Gasteiger partial charge is 0.496 e. The monoisotopic (exact) mass is 300 g/mol. The van der Waals surface area contributed by atoms with Gasteiger partial charge in [0.05, 0.1) is 14.2 Å². The predicted molar refractivity (Wildman–Crippen MR) is 94.5 cm³/mol. The molecule has 0 fully saturated rings. The van der Waals surface area contributed by atoms with Crippen molar-refractivity contribution in [3.63, 3.8) is 0 Å². The third-order valence-corrected chi connectivity index (χ3v) is 4.13. The van der Waals surface area contributed by atoms with Crippen LogP contribution >= 0.6 is 0 Å². The first-order valence-electron chi connectivity index (χ1n) is 7.78. The first-order chi connectivity index (χ1) is 10.1. The molecule has 120 valence electrons. The van der Waals surface area contributed by atoms with E-state index in [0.717, 1.165) is 16.9 Å². The molecule has 0 spiro atoms. The maximum atomic E-state index is 5.63. The normalized spacial score (nSPS) is 12.5. The molecule has 22 heavy (non-hydrogen) atoms. The third kappa shape index (κ3) is 3.06. The quantitative estimate of drug-likeness (QED) is 0.734. The molecule has 0 aliphatic rings. The molecular weight excluding hydrogens is 272 g/mol. The van der Waals surface area contributed by atoms with Gasteiger partial charge in [-0.3, -0.25) is 0 Å². The van der Waals surface area contributed by atoms with Crippen LogP contribution < -0.4 is 9.47 Å². The SMILES string of the molecule is COc1cc2c(OC)cc(C(C)(C)C)cc2cc1C(C)(C)C. The Hall–Kier alpha value is -1.70. The first-order valence-corrected chi connectivity index (χ1v) is 7.78. The third-order valence-electron chi connectivity index (χ3n) is 4.13. The van der Waals surface area contributed by atoms with Gasteiger partial charge in [0, 0.05) is 10.9 Å². The zero-order valence-corrected chi connectivity index (χ0v) is 15.1. The van der Waals surface area contributed by atoms with Crippen LogP contribution in [-0.4, -0.2) is 14.2 Å². The molecule has 2 aromatic carbocycles. The zero-order valence-electron chi connectivity index (χ0n) is 15.1. The van der Waals surface area contributed by atoms with E-state index >= 15 is 0 Å². The Morgan fingerprint density at radius 1 is 0.682 bits per heavy atom. The molecule has 0 radical (unpaired) electrons. The molecule has 0 amide bonds. The fraction of sp³-hybridized carbons (Fsp3) is 0.500. The molecule has 2 aromatic rings. The maximum absolute atomic E-state index is 5.63. The van der Waals surface area contributed by atoms with Gasteiger partial charge in [-0.1, -0.05) is 47.6 Å². The Bertz CT molecular complexity index is 685. The molecule has 0 saturated carbocycles. The lowest BCUT2D eigenvalue weighted by Crippen LogP contribution is -2.14. The molecule has 0 aliphatic heterocycles. The average Bonchev–Trinajstić information content (AvgIpc) is 2.42. The van der Waals surface area contributed by atoms with Crippen molar-refractivity contribution in [3.8, 4) is 11.5 Å². The van der Waals surface area contributed by atoms with E-state index in [9.17, 15) is 0 Å². The summed E-state index contributed by atoms with van der Waals surface area (Å²) in [5.41, 5.74) is 2.62. The lowest BCUT2D eigenvalue weighted by atomic mass is 9.82. The molecule has 0 bridgehead atoms. The molecule has 0 saturated heterocycles. The van der Waals surface area contributed by atoms with Crippen LogP contribution in [-0.2, 0) is 10.8 Å². The summed E-state index contributed by atoms with van der Waals surface area (Å²) < 4.78 is 11.3. The standard InChI is InChI=1S/C20H28O2/c1-19(2,3)14-9-13-10-16(20(4,5)6)18(22-8)12-15(13)17(11-14)21-7/h9-12H,1-8H3. The Morgan fingerprint density at radius 3 is 1.73 bits per heavy atom. The average molecular weight is 300 g/mol. The van der Waals surface area contributed by atoms with Crippen molar-refractivity contribution in [3.05, 3.63) is 35.4 Å². The molecule has 0 N–H and O–H groups in total. The smallest absolute Gasteiger partial charge is 0.127 e. The molecule has 2 rings (SSSR count). The Kier molecular flexibility index (Phi) is 4.16. The summed E-state index contributed by atoms with van der Waals surface area (Å²) in [5.74, 6) is 1.82. The van der Waals surface area contributed by atoms with Crippen molar-refractivity contribution in [1.82, 2.24) is 0 Å². The predicted octanol–water partition coefficient (Wildman–Crippen LogP) is 5.45. The highest BCUT2D eigenvalue weighted by atomic mass is 16.5. The van der Waals surface area contributed by atoms with E-state index in [1.807, 2.05) is 0 Å². The molecule has 0 heterocycles. The Labute approximate surface area is 134 Å². The number of hydrogen-bond acceptors (Lipinski definition) is 2. The van der Waals surface area contributed by atoms with E-state index in [2.05, 4.69) is 65.8 Å². The summed E-state index contributed by atoms with van der Waals surface area (Å²) in [6.07, 6.45) is 0. The van der Waals surface area contributed by atoms with Gasteiger partial charge in [-0.15, -0.1) is 0 Å². The van der Waals surface area contributed by atoms with Crippen LogP contribution in [0.4, 0.5) is 0 Å². The summed E-state index contributed by atoms with van der Waals surface area (Å²) in [6.45, 7) is 13.3. The van der Waals surface area contributed by atoms with Crippen LogP contribution in [0, 0.1) is 0 Å². The minimum absolute atomic E-state index is 0.0322. The molecule has 0 aromatic heterocycles. The van der Waals surface area contributed by atoms with E-state index in [1.54, 1.807) is 14.2 Å². The van der Waals surface area contributed by atoms with Gasteiger partial charge >= 0.3 is 0 Å². The summed E-state index contributed by atoms with van der Waals surface area (Å²) >= 11 is 0. The van der Waals surface area contributed by atoms with Crippen LogP contribution in [0.25, 0.3) is 10.8 Å². The van der Waals surface area contributed by atoms with E-state index in [1.165, 1.54) is 16.5 Å². The Morgan fingerprint density at radius 2 is 1.27 bits per heavy atom. The number of fused-ring (bicyclic) bond motifs is 1. The number of rotatable bonds is 2. The second kappa shape index (κ2) is 5.49. The van der Waals surface area contributed by atoms with E-state index in [-0.39, 0.29) is 10.8 Å². The topological polar surface area (TPSA) is 18.5 Å². The lowest BCUT2D eigenvalue weighted by Gasteiger charge is -2.25. The van der Waals surface area contributed by atoms with Crippen molar-refractivity contribution >= 4 is 10.8 Å². The second-order valence-corrected chi connectivity index (χ2v) is 7.95. The number of ether oxygens (including phenoxy) is 2. The summed E-state index contributed by atoms with van der Waals surface area (Å²) in [7, 11) is 3.46. The Balaban J connectivity index is 2.84. The van der Waals surface area contributed by atoms with Crippen molar-refractivity contribution in [2.45, 2.75) is 52.4 Å². The second-order valence-electron chi connectivity index (χ2n) is 7.95. The minimum Gasteiger partial charge on any atom is -0.496 e. The molecule has 2 nitrogen and oxygen atoms in total. The van der Waals surface area contributed by atoms with Crippen LogP contribution in [0.1, 0.15) is 52.7 Å². The fourth-order valence-electron chi connectivity index (χ4n) is 2.71. The van der Waals surface area contributed by atoms with Gasteiger partial charge in [0.1, 0.15) is 11.5 Å². The van der Waals surface area contributed by atoms with Crippen LogP contribution in [0.5, 0.6) is 11.5 Å².